The summed E-state index contributed by atoms with van der Waals surface area (Å²) >= 11 is 6.25. The van der Waals surface area contributed by atoms with Gasteiger partial charge in [0.2, 0.25) is 5.91 Å². The topological polar surface area (TPSA) is 36.4 Å². The second-order valence-corrected chi connectivity index (χ2v) is 5.51. The fourth-order valence-electron chi connectivity index (χ4n) is 2.43. The van der Waals surface area contributed by atoms with Crippen molar-refractivity contribution in [2.45, 2.75) is 6.54 Å². The number of nitrogens with zero attached hydrogens (tertiary/aromatic N) is 3. The molecule has 20 heavy (non-hydrogen) atoms. The lowest BCUT2D eigenvalue weighted by Crippen LogP contribution is -2.48. The van der Waals surface area contributed by atoms with E-state index in [1.165, 1.54) is 0 Å². The molecule has 0 N–H and O–H groups in total. The predicted octanol–water partition coefficient (Wildman–Crippen LogP) is 2.16. The summed E-state index contributed by atoms with van der Waals surface area (Å²) in [6.07, 6.45) is 0. The number of hydrogen-bond acceptors (Lipinski definition) is 3. The molecule has 2 heterocycles. The van der Waals surface area contributed by atoms with Gasteiger partial charge in [0.15, 0.2) is 0 Å². The standard InChI is InChI=1S/C15H16ClN3O/c1-18-6-7-19(10-14(18)20)9-12-8-11-4-2-3-5-13(11)17-15(12)16/h2-5,8H,6-7,9-10H2,1H3. The Kier molecular flexibility index (Phi) is 3.59. The molecule has 0 radical (unpaired) electrons. The van der Waals surface area contributed by atoms with Crippen LogP contribution in [0.5, 0.6) is 0 Å². The summed E-state index contributed by atoms with van der Waals surface area (Å²) in [5, 5.41) is 1.60. The Labute approximate surface area is 123 Å². The van der Waals surface area contributed by atoms with Crippen molar-refractivity contribution >= 4 is 28.4 Å². The molecule has 1 fully saturated rings. The van der Waals surface area contributed by atoms with E-state index in [1.807, 2.05) is 31.3 Å². The molecule has 0 unspecified atom stereocenters. The Morgan fingerprint density at radius 2 is 2.10 bits per heavy atom. The first-order valence-corrected chi connectivity index (χ1v) is 7.02. The highest BCUT2D eigenvalue weighted by Crippen LogP contribution is 2.22. The zero-order chi connectivity index (χ0) is 14.1. The lowest BCUT2D eigenvalue weighted by Gasteiger charge is -2.32. The van der Waals surface area contributed by atoms with E-state index in [9.17, 15) is 4.79 Å². The maximum absolute atomic E-state index is 11.7. The van der Waals surface area contributed by atoms with Crippen LogP contribution in [0.25, 0.3) is 10.9 Å². The maximum atomic E-state index is 11.7. The van der Waals surface area contributed by atoms with E-state index in [0.29, 0.717) is 18.2 Å². The normalized spacial score (nSPS) is 16.9. The van der Waals surface area contributed by atoms with Gasteiger partial charge in [-0.2, -0.15) is 0 Å². The smallest absolute Gasteiger partial charge is 0.236 e. The van der Waals surface area contributed by atoms with Gasteiger partial charge in [0.1, 0.15) is 5.15 Å². The number of likely N-dealkylation sites (N-methyl/N-ethyl adjacent to an activating group) is 1. The van der Waals surface area contributed by atoms with E-state index < -0.39 is 0 Å². The minimum atomic E-state index is 0.154. The van der Waals surface area contributed by atoms with Gasteiger partial charge in [-0.1, -0.05) is 29.8 Å². The Balaban J connectivity index is 1.84. The molecule has 0 saturated carbocycles. The van der Waals surface area contributed by atoms with E-state index in [-0.39, 0.29) is 5.91 Å². The number of para-hydroxylation sites is 1. The summed E-state index contributed by atoms with van der Waals surface area (Å²) in [6, 6.07) is 9.97. The number of pyridine rings is 1. The molecule has 0 spiro atoms. The molecule has 1 aliphatic rings. The van der Waals surface area contributed by atoms with Crippen molar-refractivity contribution in [2.75, 3.05) is 26.7 Å². The zero-order valence-corrected chi connectivity index (χ0v) is 12.1. The number of benzene rings is 1. The fraction of sp³-hybridized carbons (Fsp3) is 0.333. The van der Waals surface area contributed by atoms with Gasteiger partial charge in [0, 0.05) is 37.6 Å². The molecular formula is C15H16ClN3O. The Morgan fingerprint density at radius 1 is 1.30 bits per heavy atom. The highest BCUT2D eigenvalue weighted by Gasteiger charge is 2.21. The van der Waals surface area contributed by atoms with Crippen molar-refractivity contribution in [3.63, 3.8) is 0 Å². The Morgan fingerprint density at radius 3 is 2.90 bits per heavy atom. The van der Waals surface area contributed by atoms with Crippen molar-refractivity contribution in [2.24, 2.45) is 0 Å². The van der Waals surface area contributed by atoms with Crippen LogP contribution in [0.15, 0.2) is 30.3 Å². The molecule has 1 amide bonds. The number of hydrogen-bond donors (Lipinski definition) is 0. The van der Waals surface area contributed by atoms with E-state index in [4.69, 9.17) is 11.6 Å². The summed E-state index contributed by atoms with van der Waals surface area (Å²) in [5.74, 6) is 0.154. The largest absolute Gasteiger partial charge is 0.343 e. The fourth-order valence-corrected chi connectivity index (χ4v) is 2.64. The summed E-state index contributed by atoms with van der Waals surface area (Å²) in [5.41, 5.74) is 1.87. The average molecular weight is 290 g/mol. The summed E-state index contributed by atoms with van der Waals surface area (Å²) < 4.78 is 0. The quantitative estimate of drug-likeness (QED) is 0.795. The lowest BCUT2D eigenvalue weighted by molar-refractivity contribution is -0.134. The summed E-state index contributed by atoms with van der Waals surface area (Å²) in [6.45, 7) is 2.73. The van der Waals surface area contributed by atoms with Crippen LogP contribution in [-0.4, -0.2) is 47.4 Å². The van der Waals surface area contributed by atoms with Crippen molar-refractivity contribution in [1.82, 2.24) is 14.8 Å². The van der Waals surface area contributed by atoms with E-state index >= 15 is 0 Å². The first-order valence-electron chi connectivity index (χ1n) is 6.64. The minimum absolute atomic E-state index is 0.154. The molecule has 104 valence electrons. The number of halogens is 1. The van der Waals surface area contributed by atoms with E-state index in [0.717, 1.165) is 29.6 Å². The summed E-state index contributed by atoms with van der Waals surface area (Å²) in [4.78, 5) is 20.0. The third kappa shape index (κ3) is 2.62. The van der Waals surface area contributed by atoms with Crippen molar-refractivity contribution < 1.29 is 4.79 Å². The van der Waals surface area contributed by atoms with Crippen LogP contribution >= 0.6 is 11.6 Å². The van der Waals surface area contributed by atoms with Crippen molar-refractivity contribution in [1.29, 1.82) is 0 Å². The number of carbonyl (C=O) groups excluding carboxylic acids is 1. The number of piperazine rings is 1. The Hall–Kier alpha value is -1.65. The monoisotopic (exact) mass is 289 g/mol. The summed E-state index contributed by atoms with van der Waals surface area (Å²) in [7, 11) is 1.84. The predicted molar refractivity (Wildman–Crippen MR) is 79.7 cm³/mol. The van der Waals surface area contributed by atoms with Crippen LogP contribution in [-0.2, 0) is 11.3 Å². The number of rotatable bonds is 2. The van der Waals surface area contributed by atoms with Crippen LogP contribution in [0.3, 0.4) is 0 Å². The molecule has 2 aromatic rings. The molecule has 3 rings (SSSR count). The minimum Gasteiger partial charge on any atom is -0.343 e. The molecule has 0 aliphatic carbocycles. The van der Waals surface area contributed by atoms with Crippen molar-refractivity contribution in [3.8, 4) is 0 Å². The van der Waals surface area contributed by atoms with Crippen LogP contribution in [0, 0.1) is 0 Å². The lowest BCUT2D eigenvalue weighted by atomic mass is 10.1. The number of amides is 1. The third-order valence-corrected chi connectivity index (χ3v) is 4.01. The molecule has 5 heteroatoms. The highest BCUT2D eigenvalue weighted by molar-refractivity contribution is 6.30. The Bertz CT molecular complexity index is 659. The SMILES string of the molecule is CN1CCN(Cc2cc3ccccc3nc2Cl)CC1=O. The van der Waals surface area contributed by atoms with Gasteiger partial charge in [-0.25, -0.2) is 4.98 Å². The molecule has 1 aliphatic heterocycles. The molecule has 1 aromatic heterocycles. The van der Waals surface area contributed by atoms with Crippen LogP contribution in [0.4, 0.5) is 0 Å². The first kappa shape index (κ1) is 13.3. The van der Waals surface area contributed by atoms with E-state index in [1.54, 1.807) is 4.90 Å². The van der Waals surface area contributed by atoms with Crippen LogP contribution in [0.1, 0.15) is 5.56 Å². The first-order chi connectivity index (χ1) is 9.63. The average Bonchev–Trinajstić information content (AvgIpc) is 2.44. The maximum Gasteiger partial charge on any atom is 0.236 e. The second kappa shape index (κ2) is 5.38. The highest BCUT2D eigenvalue weighted by atomic mass is 35.5. The van der Waals surface area contributed by atoms with Gasteiger partial charge in [-0.3, -0.25) is 9.69 Å². The number of carbonyl (C=O) groups is 1. The van der Waals surface area contributed by atoms with Gasteiger partial charge in [0.25, 0.3) is 0 Å². The second-order valence-electron chi connectivity index (χ2n) is 5.16. The molecule has 1 saturated heterocycles. The number of fused-ring (bicyclic) bond motifs is 1. The van der Waals surface area contributed by atoms with Gasteiger partial charge in [-0.05, 0) is 12.1 Å². The van der Waals surface area contributed by atoms with Gasteiger partial charge < -0.3 is 4.90 Å². The molecule has 0 atom stereocenters. The molecule has 4 nitrogen and oxygen atoms in total. The third-order valence-electron chi connectivity index (χ3n) is 3.68. The van der Waals surface area contributed by atoms with Gasteiger partial charge in [-0.15, -0.1) is 0 Å². The molecule has 1 aromatic carbocycles. The van der Waals surface area contributed by atoms with Crippen LogP contribution in [0.2, 0.25) is 5.15 Å². The molecular weight excluding hydrogens is 274 g/mol. The molecule has 0 bridgehead atoms. The van der Waals surface area contributed by atoms with E-state index in [2.05, 4.69) is 16.0 Å². The number of aromatic nitrogens is 1. The van der Waals surface area contributed by atoms with Gasteiger partial charge in [0.05, 0.1) is 12.1 Å². The van der Waals surface area contributed by atoms with Gasteiger partial charge >= 0.3 is 0 Å². The zero-order valence-electron chi connectivity index (χ0n) is 11.3. The van der Waals surface area contributed by atoms with Crippen molar-refractivity contribution in [3.05, 3.63) is 41.0 Å². The van der Waals surface area contributed by atoms with Crippen LogP contribution < -0.4 is 0 Å².